The fourth-order valence-corrected chi connectivity index (χ4v) is 4.95. The number of ether oxygens (including phenoxy) is 1. The fourth-order valence-electron chi connectivity index (χ4n) is 4.95. The molecule has 126 valence electrons. The predicted molar refractivity (Wildman–Crippen MR) is 93.5 cm³/mol. The maximum Gasteiger partial charge on any atom is 0.0594 e. The van der Waals surface area contributed by atoms with Crippen LogP contribution in [0.2, 0.25) is 0 Å². The minimum atomic E-state index is 0.625. The number of hydrogen-bond acceptors (Lipinski definition) is 3. The molecule has 0 bridgehead atoms. The highest BCUT2D eigenvalue weighted by molar-refractivity contribution is 5.22. The molecule has 1 saturated carbocycles. The molecule has 2 saturated heterocycles. The Labute approximate surface area is 140 Å². The summed E-state index contributed by atoms with van der Waals surface area (Å²) in [4.78, 5) is 5.39. The zero-order valence-corrected chi connectivity index (χ0v) is 14.5. The van der Waals surface area contributed by atoms with Gasteiger partial charge < -0.3 is 4.74 Å². The quantitative estimate of drug-likeness (QED) is 0.853. The lowest BCUT2D eigenvalue weighted by molar-refractivity contribution is -0.0976. The van der Waals surface area contributed by atoms with E-state index in [1.807, 2.05) is 0 Å². The van der Waals surface area contributed by atoms with Crippen molar-refractivity contribution in [2.24, 2.45) is 5.41 Å². The van der Waals surface area contributed by atoms with Gasteiger partial charge in [0.1, 0.15) is 0 Å². The van der Waals surface area contributed by atoms with Gasteiger partial charge in [0.15, 0.2) is 0 Å². The molecule has 1 atom stereocenters. The maximum absolute atomic E-state index is 5.54. The lowest BCUT2D eigenvalue weighted by atomic mass is 9.58. The Bertz CT molecular complexity index is 530. The zero-order chi connectivity index (χ0) is 15.7. The van der Waals surface area contributed by atoms with Crippen LogP contribution < -0.4 is 0 Å². The normalized spacial score (nSPS) is 28.7. The van der Waals surface area contributed by atoms with E-state index >= 15 is 0 Å². The van der Waals surface area contributed by atoms with Crippen LogP contribution in [0.1, 0.15) is 36.8 Å². The molecule has 3 fully saturated rings. The molecule has 1 aromatic carbocycles. The van der Waals surface area contributed by atoms with E-state index in [4.69, 9.17) is 4.74 Å². The Morgan fingerprint density at radius 3 is 2.52 bits per heavy atom. The Hall–Kier alpha value is -0.900. The summed E-state index contributed by atoms with van der Waals surface area (Å²) in [5.41, 5.74) is 3.47. The molecular formula is C20H30N2O. The molecule has 1 aliphatic carbocycles. The summed E-state index contributed by atoms with van der Waals surface area (Å²) in [6.45, 7) is 10.0. The molecule has 3 aliphatic rings. The first kappa shape index (κ1) is 15.6. The Balaban J connectivity index is 1.33. The molecule has 0 amide bonds. The molecule has 1 spiro atoms. The molecule has 3 nitrogen and oxygen atoms in total. The molecule has 0 N–H and O–H groups in total. The van der Waals surface area contributed by atoms with Crippen molar-refractivity contribution in [2.75, 3.05) is 39.4 Å². The van der Waals surface area contributed by atoms with E-state index in [0.29, 0.717) is 5.41 Å². The van der Waals surface area contributed by atoms with Crippen molar-refractivity contribution in [3.05, 3.63) is 35.4 Å². The van der Waals surface area contributed by atoms with E-state index in [1.165, 1.54) is 49.9 Å². The average Bonchev–Trinajstić information content (AvgIpc) is 2.56. The first-order valence-corrected chi connectivity index (χ1v) is 9.35. The third kappa shape index (κ3) is 3.19. The average molecular weight is 314 g/mol. The van der Waals surface area contributed by atoms with E-state index in [-0.39, 0.29) is 0 Å². The van der Waals surface area contributed by atoms with E-state index < -0.39 is 0 Å². The SMILES string of the molecule is Cc1cccc(CN2CCC3(CCC3N3CCOCC3)CC2)c1. The van der Waals surface area contributed by atoms with Crippen molar-refractivity contribution in [1.82, 2.24) is 9.80 Å². The summed E-state index contributed by atoms with van der Waals surface area (Å²) in [6.07, 6.45) is 5.65. The minimum Gasteiger partial charge on any atom is -0.379 e. The second kappa shape index (κ2) is 6.54. The molecular weight excluding hydrogens is 284 g/mol. The van der Waals surface area contributed by atoms with E-state index in [1.54, 1.807) is 0 Å². The Morgan fingerprint density at radius 2 is 1.87 bits per heavy atom. The Kier molecular flexibility index (Phi) is 4.44. The van der Waals surface area contributed by atoms with Gasteiger partial charge in [0, 0.05) is 25.7 Å². The second-order valence-corrected chi connectivity index (χ2v) is 7.83. The molecule has 2 heterocycles. The van der Waals surface area contributed by atoms with Crippen molar-refractivity contribution >= 4 is 0 Å². The number of likely N-dealkylation sites (tertiary alicyclic amines) is 1. The van der Waals surface area contributed by atoms with E-state index in [2.05, 4.69) is 41.0 Å². The van der Waals surface area contributed by atoms with Crippen molar-refractivity contribution in [3.8, 4) is 0 Å². The number of morpholine rings is 1. The largest absolute Gasteiger partial charge is 0.379 e. The van der Waals surface area contributed by atoms with Crippen LogP contribution in [-0.4, -0.2) is 55.2 Å². The van der Waals surface area contributed by atoms with Crippen molar-refractivity contribution in [2.45, 2.75) is 45.2 Å². The molecule has 23 heavy (non-hydrogen) atoms. The number of nitrogens with zero attached hydrogens (tertiary/aromatic N) is 2. The standard InChI is InChI=1S/C20H30N2O/c1-17-3-2-4-18(15-17)16-21-9-7-20(8-10-21)6-5-19(20)22-11-13-23-14-12-22/h2-4,15,19H,5-14,16H2,1H3. The van der Waals surface area contributed by atoms with E-state index in [0.717, 1.165) is 38.9 Å². The second-order valence-electron chi connectivity index (χ2n) is 7.83. The molecule has 4 rings (SSSR count). The highest BCUT2D eigenvalue weighted by Crippen LogP contribution is 2.51. The summed E-state index contributed by atoms with van der Waals surface area (Å²) < 4.78 is 5.54. The summed E-state index contributed by atoms with van der Waals surface area (Å²) in [5, 5.41) is 0. The fraction of sp³-hybridized carbons (Fsp3) is 0.700. The number of aryl methyl sites for hydroxylation is 1. The molecule has 1 aromatic rings. The third-order valence-electron chi connectivity index (χ3n) is 6.45. The van der Waals surface area contributed by atoms with Gasteiger partial charge in [-0.25, -0.2) is 0 Å². The molecule has 3 heteroatoms. The first-order valence-electron chi connectivity index (χ1n) is 9.35. The van der Waals surface area contributed by atoms with Gasteiger partial charge in [0.05, 0.1) is 13.2 Å². The number of hydrogen-bond donors (Lipinski definition) is 0. The molecule has 2 aliphatic heterocycles. The van der Waals surface area contributed by atoms with E-state index in [9.17, 15) is 0 Å². The molecule has 0 radical (unpaired) electrons. The van der Waals surface area contributed by atoms with Crippen LogP contribution in [0.3, 0.4) is 0 Å². The lowest BCUT2D eigenvalue weighted by Crippen LogP contribution is -2.61. The van der Waals surface area contributed by atoms with Crippen LogP contribution in [0.15, 0.2) is 24.3 Å². The number of benzene rings is 1. The van der Waals surface area contributed by atoms with Crippen LogP contribution in [-0.2, 0) is 11.3 Å². The highest BCUT2D eigenvalue weighted by Gasteiger charge is 2.50. The summed E-state index contributed by atoms with van der Waals surface area (Å²) in [5.74, 6) is 0. The van der Waals surface area contributed by atoms with Gasteiger partial charge in [0.25, 0.3) is 0 Å². The van der Waals surface area contributed by atoms with Crippen LogP contribution >= 0.6 is 0 Å². The lowest BCUT2D eigenvalue weighted by Gasteiger charge is -2.58. The predicted octanol–water partition coefficient (Wildman–Crippen LogP) is 3.07. The van der Waals surface area contributed by atoms with Gasteiger partial charge in [-0.1, -0.05) is 29.8 Å². The molecule has 1 unspecified atom stereocenters. The summed E-state index contributed by atoms with van der Waals surface area (Å²) in [6, 6.07) is 9.83. The van der Waals surface area contributed by atoms with Crippen LogP contribution in [0.5, 0.6) is 0 Å². The van der Waals surface area contributed by atoms with Gasteiger partial charge in [-0.2, -0.15) is 0 Å². The highest BCUT2D eigenvalue weighted by atomic mass is 16.5. The smallest absolute Gasteiger partial charge is 0.0594 e. The Morgan fingerprint density at radius 1 is 1.09 bits per heavy atom. The minimum absolute atomic E-state index is 0.625. The zero-order valence-electron chi connectivity index (χ0n) is 14.5. The monoisotopic (exact) mass is 314 g/mol. The topological polar surface area (TPSA) is 15.7 Å². The van der Waals surface area contributed by atoms with Crippen LogP contribution in [0.25, 0.3) is 0 Å². The van der Waals surface area contributed by atoms with Gasteiger partial charge in [-0.15, -0.1) is 0 Å². The first-order chi connectivity index (χ1) is 11.3. The van der Waals surface area contributed by atoms with Crippen molar-refractivity contribution < 1.29 is 4.74 Å². The maximum atomic E-state index is 5.54. The summed E-state index contributed by atoms with van der Waals surface area (Å²) >= 11 is 0. The van der Waals surface area contributed by atoms with Gasteiger partial charge in [-0.3, -0.25) is 9.80 Å². The number of rotatable bonds is 3. The number of piperidine rings is 1. The summed E-state index contributed by atoms with van der Waals surface area (Å²) in [7, 11) is 0. The molecule has 0 aromatic heterocycles. The van der Waals surface area contributed by atoms with Crippen LogP contribution in [0.4, 0.5) is 0 Å². The van der Waals surface area contributed by atoms with Gasteiger partial charge in [-0.05, 0) is 56.7 Å². The van der Waals surface area contributed by atoms with Gasteiger partial charge >= 0.3 is 0 Å². The van der Waals surface area contributed by atoms with Crippen LogP contribution in [0, 0.1) is 12.3 Å². The van der Waals surface area contributed by atoms with Crippen molar-refractivity contribution in [3.63, 3.8) is 0 Å². The van der Waals surface area contributed by atoms with Crippen molar-refractivity contribution in [1.29, 1.82) is 0 Å². The van der Waals surface area contributed by atoms with Gasteiger partial charge in [0.2, 0.25) is 0 Å². The third-order valence-corrected chi connectivity index (χ3v) is 6.45.